The first-order valence-electron chi connectivity index (χ1n) is 39.7. The minimum atomic E-state index is -4.23. The lowest BCUT2D eigenvalue weighted by atomic mass is 9.98. The molecule has 5 aromatic rings. The lowest BCUT2D eigenvalue weighted by Gasteiger charge is -2.28. The molecule has 121 heavy (non-hydrogen) atoms. The predicted molar refractivity (Wildman–Crippen MR) is 450 cm³/mol. The highest BCUT2D eigenvalue weighted by molar-refractivity contribution is 8.00. The molecule has 5 fully saturated rings. The number of rotatable bonds is 24. The van der Waals surface area contributed by atoms with Crippen LogP contribution in [0.4, 0.5) is 49.8 Å². The van der Waals surface area contributed by atoms with Crippen molar-refractivity contribution in [3.8, 4) is 11.5 Å². The van der Waals surface area contributed by atoms with Crippen LogP contribution in [-0.4, -0.2) is 182 Å². The molecule has 2 unspecified atom stereocenters. The zero-order chi connectivity index (χ0) is 89.4. The normalized spacial score (nSPS) is 24.3. The number of aromatic nitrogens is 6. The van der Waals surface area contributed by atoms with E-state index in [1.165, 1.54) is 50.6 Å². The molecule has 34 nitrogen and oxygen atoms in total. The van der Waals surface area contributed by atoms with Crippen LogP contribution >= 0.6 is 50.8 Å². The van der Waals surface area contributed by atoms with Crippen LogP contribution in [0.25, 0.3) is 0 Å². The number of benzene rings is 2. The summed E-state index contributed by atoms with van der Waals surface area (Å²) >= 11 is 3.13. The van der Waals surface area contributed by atoms with Gasteiger partial charge in [0.25, 0.3) is 0 Å². The summed E-state index contributed by atoms with van der Waals surface area (Å²) in [5.74, 6) is -2.55. The molecule has 42 heteroatoms. The molecule has 0 radical (unpaired) electrons. The quantitative estimate of drug-likeness (QED) is 0.0218. The molecule has 4 amide bonds. The van der Waals surface area contributed by atoms with Gasteiger partial charge in [-0.15, -0.1) is 35.3 Å². The highest BCUT2D eigenvalue weighted by atomic mass is 32.2. The maximum atomic E-state index is 15.9. The van der Waals surface area contributed by atoms with E-state index in [-0.39, 0.29) is 59.6 Å². The third-order valence-corrected chi connectivity index (χ3v) is 26.9. The SMILES string of the molecule is C[C@H](NP(=O)(OC[C@H]1S[C@@H](n2ccc(N)nc2=O)[C@@H](F)[C@@H]1O)Oc1ccccc1)C(=O)OC1CCCCC1.C[C@H]1[C@H](F)[C@H](n2ccc(N(C(=O)OC(C)(C)C)C(=O)OC(C)(C)C)nc2=O)S[C@@H]1CO.C[C@H]1[C@H](F)[C@H](n2ccc(N(C(=O)OC(C)(C)C)C(=O)OC(C)(C)C)nc2=O)S[C@@H]1COP(=O)(N[C@@H](C)C(=O)OC1CCCCC1)Oc1ccccc1. The first-order valence-corrected chi connectivity index (χ1v) is 45.6. The minimum absolute atomic E-state index is 0.00806. The molecule has 3 aromatic heterocycles. The summed E-state index contributed by atoms with van der Waals surface area (Å²) in [7, 11) is -8.44. The number of nitrogens with two attached hydrogens (primary N) is 1. The van der Waals surface area contributed by atoms with E-state index in [0.717, 1.165) is 113 Å². The van der Waals surface area contributed by atoms with Gasteiger partial charge in [0.1, 0.15) is 98.6 Å². The first-order chi connectivity index (χ1) is 56.5. The van der Waals surface area contributed by atoms with Crippen LogP contribution in [0.2, 0.25) is 0 Å². The fourth-order valence-corrected chi connectivity index (χ4v) is 20.4. The number of alkyl halides is 3. The Bertz CT molecular complexity index is 4570. The van der Waals surface area contributed by atoms with E-state index in [1.54, 1.807) is 158 Å². The maximum Gasteiger partial charge on any atom is 0.459 e. The van der Waals surface area contributed by atoms with Crippen molar-refractivity contribution >= 4 is 105 Å². The highest BCUT2D eigenvalue weighted by Gasteiger charge is 2.50. The van der Waals surface area contributed by atoms with Crippen molar-refractivity contribution in [1.82, 2.24) is 38.8 Å². The van der Waals surface area contributed by atoms with Crippen LogP contribution in [0.1, 0.15) is 191 Å². The average molecular weight is 1800 g/mol. The molecule has 10 rings (SSSR count). The van der Waals surface area contributed by atoms with Crippen molar-refractivity contribution in [3.05, 3.63) is 129 Å². The number of aliphatic hydroxyl groups is 2. The molecular weight excluding hydrogens is 1690 g/mol. The largest absolute Gasteiger partial charge is 0.461 e. The number of anilines is 3. The molecule has 2 saturated carbocycles. The third-order valence-electron chi connectivity index (χ3n) is 18.7. The Kier molecular flexibility index (Phi) is 34.6. The Morgan fingerprint density at radius 2 is 0.826 bits per heavy atom. The highest BCUT2D eigenvalue weighted by Crippen LogP contribution is 2.53. The van der Waals surface area contributed by atoms with E-state index in [0.29, 0.717) is 9.80 Å². The van der Waals surface area contributed by atoms with Crippen LogP contribution in [0.15, 0.2) is 112 Å². The van der Waals surface area contributed by atoms with Gasteiger partial charge in [-0.3, -0.25) is 32.3 Å². The molecule has 2 aromatic carbocycles. The molecule has 670 valence electrons. The van der Waals surface area contributed by atoms with Gasteiger partial charge in [0.05, 0.1) is 25.1 Å². The van der Waals surface area contributed by atoms with Gasteiger partial charge in [-0.25, -0.2) is 55.9 Å². The van der Waals surface area contributed by atoms with Crippen molar-refractivity contribution in [2.45, 2.75) is 278 Å². The van der Waals surface area contributed by atoms with E-state index in [2.05, 4.69) is 25.1 Å². The number of esters is 2. The van der Waals surface area contributed by atoms with Crippen LogP contribution in [0, 0.1) is 11.8 Å². The van der Waals surface area contributed by atoms with Gasteiger partial charge in [-0.1, -0.05) is 63.1 Å². The minimum Gasteiger partial charge on any atom is -0.461 e. The fraction of sp³-hybridized carbons (Fsp3) is 0.620. The van der Waals surface area contributed by atoms with Crippen LogP contribution in [0.3, 0.4) is 0 Å². The molecule has 6 N–H and O–H groups in total. The molecule has 0 spiro atoms. The Labute approximate surface area is 713 Å². The summed E-state index contributed by atoms with van der Waals surface area (Å²) in [6, 6.07) is 18.3. The number of hydrogen-bond donors (Lipinski definition) is 5. The van der Waals surface area contributed by atoms with Crippen LogP contribution in [-0.2, 0) is 56.2 Å². The zero-order valence-electron chi connectivity index (χ0n) is 70.5. The standard InChI is InChI=1S/C35H50FN4O10PS.C24H32FN4O7PS.C20H30FN3O6S/c1-22-26(21-46-51(45,50-25-17-13-10-14-18-25)38-23(2)30(41)47-24-15-11-9-12-16-24)52-29(28(22)36)39-20-19-27(37-31(39)42)40(32(43)48-34(3,4)5)33(44)49-35(6,7)8;1-15(23(31)35-16-8-4-2-5-9-16)28-37(33,36-17-10-6-3-7-11-17)34-14-18-21(30)20(25)22(38-18)29-13-12-19(26)27-24(29)32;1-11-12(10-25)31-15(14(11)21)23-9-8-13(22-16(23)26)24(17(27)29-19(2,3)4)18(28)30-20(5,6)7/h10,13-14,17-20,22-24,26,28-29H,9,11-12,15-16,21H2,1-8H3,(H,38,45);3,6-7,10-13,15-16,18,20-22,30H,2,4-5,8-9,14H2,1H3,(H,28,33)(H2,26,27,32);8-9,11-12,14-15,25H,10H2,1-7H3/t22-,23+,26-,28+,29-,51?;15-,18+,20-,21+,22+,37?;11-,12-,14+,15-/m101/s1. The van der Waals surface area contributed by atoms with Gasteiger partial charge < -0.3 is 53.4 Å². The van der Waals surface area contributed by atoms with Crippen molar-refractivity contribution < 1.29 is 108 Å². The number of nitrogens with one attached hydrogen (secondary N) is 2. The third kappa shape index (κ3) is 28.8. The van der Waals surface area contributed by atoms with Crippen LogP contribution in [0.5, 0.6) is 11.5 Å². The van der Waals surface area contributed by atoms with Crippen molar-refractivity contribution in [2.75, 3.05) is 35.4 Å². The molecule has 0 bridgehead atoms. The number of para-hydroxylation sites is 2. The average Bonchev–Trinajstić information content (AvgIpc) is 1.70. The summed E-state index contributed by atoms with van der Waals surface area (Å²) in [4.78, 5) is 128. The molecule has 5 aliphatic rings. The Balaban J connectivity index is 0.000000234. The van der Waals surface area contributed by atoms with Crippen molar-refractivity contribution in [2.24, 2.45) is 11.8 Å². The number of nitrogens with zero attached hydrogens (tertiary/aromatic N) is 8. The molecule has 3 saturated heterocycles. The fourth-order valence-electron chi connectivity index (χ4n) is 12.6. The Morgan fingerprint density at radius 1 is 0.504 bits per heavy atom. The molecule has 6 heterocycles. The van der Waals surface area contributed by atoms with Crippen LogP contribution < -0.4 is 51.8 Å². The summed E-state index contributed by atoms with van der Waals surface area (Å²) in [6.07, 6.45) is 1.94. The predicted octanol–water partition coefficient (Wildman–Crippen LogP) is 14.3. The molecule has 16 atom stereocenters. The van der Waals surface area contributed by atoms with Gasteiger partial charge in [-0.05, 0) is 191 Å². The van der Waals surface area contributed by atoms with E-state index < -0.39 is 173 Å². The number of halogens is 3. The van der Waals surface area contributed by atoms with Gasteiger partial charge in [0.2, 0.25) is 0 Å². The van der Waals surface area contributed by atoms with Crippen molar-refractivity contribution in [3.63, 3.8) is 0 Å². The second kappa shape index (κ2) is 42.6. The topological polar surface area (TPSA) is 431 Å². The van der Waals surface area contributed by atoms with Gasteiger partial charge in [0.15, 0.2) is 17.8 Å². The number of amides is 4. The number of imide groups is 2. The molecular formula is C79H112F3N11O23P2S3. The van der Waals surface area contributed by atoms with E-state index in [1.807, 2.05) is 0 Å². The summed E-state index contributed by atoms with van der Waals surface area (Å²) in [5.41, 5.74) is -0.827. The number of nitrogen functional groups attached to an aromatic ring is 1. The first kappa shape index (κ1) is 98.4. The monoisotopic (exact) mass is 1800 g/mol. The lowest BCUT2D eigenvalue weighted by Crippen LogP contribution is -2.45. The van der Waals surface area contributed by atoms with Gasteiger partial charge in [0, 0.05) is 40.9 Å². The number of ether oxygens (including phenoxy) is 6. The van der Waals surface area contributed by atoms with E-state index in [9.17, 15) is 71.3 Å². The number of carbonyl (C=O) groups is 6. The summed E-state index contributed by atoms with van der Waals surface area (Å²) in [6.45, 7) is 24.8. The van der Waals surface area contributed by atoms with Crippen molar-refractivity contribution in [1.29, 1.82) is 0 Å². The smallest absolute Gasteiger partial charge is 0.459 e. The Hall–Kier alpha value is -8.04. The second-order valence-electron chi connectivity index (χ2n) is 33.5. The van der Waals surface area contributed by atoms with Gasteiger partial charge >= 0.3 is 68.9 Å². The lowest BCUT2D eigenvalue weighted by molar-refractivity contribution is -0.153. The number of carbonyl (C=O) groups excluding carboxylic acids is 6. The number of aliphatic hydroxyl groups excluding tert-OH is 2. The second-order valence-corrected chi connectivity index (χ2v) is 41.0. The molecule has 3 aliphatic heterocycles. The molecule has 2 aliphatic carbocycles. The van der Waals surface area contributed by atoms with E-state index >= 15 is 4.39 Å². The Morgan fingerprint density at radius 3 is 1.17 bits per heavy atom. The summed E-state index contributed by atoms with van der Waals surface area (Å²) < 4.78 is 132. The maximum absolute atomic E-state index is 15.9. The summed E-state index contributed by atoms with van der Waals surface area (Å²) in [5, 5.41) is 20.3. The number of thioether (sulfide) groups is 3. The zero-order valence-corrected chi connectivity index (χ0v) is 74.8. The number of hydrogen-bond acceptors (Lipinski definition) is 30. The van der Waals surface area contributed by atoms with Gasteiger partial charge in [-0.2, -0.15) is 34.9 Å². The van der Waals surface area contributed by atoms with E-state index in [4.69, 9.17) is 52.2 Å².